The van der Waals surface area contributed by atoms with E-state index in [0.29, 0.717) is 11.3 Å². The van der Waals surface area contributed by atoms with E-state index in [4.69, 9.17) is 29.4 Å². The minimum Gasteiger partial charge on any atom is -0.468 e. The van der Waals surface area contributed by atoms with Crippen molar-refractivity contribution >= 4 is 24.1 Å². The van der Waals surface area contributed by atoms with Crippen LogP contribution in [-0.2, 0) is 30.3 Å². The summed E-state index contributed by atoms with van der Waals surface area (Å²) in [5, 5.41) is 0. The third-order valence-corrected chi connectivity index (χ3v) is 5.61. The molecular weight excluding hydrogens is 518 g/mol. The Morgan fingerprint density at radius 2 is 1.38 bits per heavy atom. The third-order valence-electron chi connectivity index (χ3n) is 5.61. The number of carbonyl (C=O) groups is 4. The number of benzene rings is 2. The Labute approximate surface area is 235 Å². The van der Waals surface area contributed by atoms with Gasteiger partial charge in [-0.2, -0.15) is 0 Å². The summed E-state index contributed by atoms with van der Waals surface area (Å²) in [5.74, 6) is -1.17. The molecular formula is C30H39NO9. The fraction of sp³-hybridized carbons (Fsp3) is 0.467. The maximum absolute atomic E-state index is 12.8. The van der Waals surface area contributed by atoms with E-state index < -0.39 is 35.7 Å². The number of hydrogen-bond acceptors (Lipinski definition) is 10. The molecule has 0 aliphatic heterocycles. The molecule has 218 valence electrons. The van der Waals surface area contributed by atoms with E-state index >= 15 is 0 Å². The lowest BCUT2D eigenvalue weighted by Gasteiger charge is -2.29. The zero-order chi connectivity index (χ0) is 29.9. The summed E-state index contributed by atoms with van der Waals surface area (Å²) in [7, 11) is 1.20. The highest BCUT2D eigenvalue weighted by Gasteiger charge is 2.38. The minimum atomic E-state index is -1.61. The number of nitrogens with two attached hydrogens (primary N) is 1. The van der Waals surface area contributed by atoms with E-state index in [2.05, 4.69) is 0 Å². The van der Waals surface area contributed by atoms with Crippen molar-refractivity contribution in [3.05, 3.63) is 54.1 Å². The highest BCUT2D eigenvalue weighted by molar-refractivity contribution is 5.81. The number of esters is 3. The molecule has 2 N–H and O–H groups in total. The highest BCUT2D eigenvalue weighted by atomic mass is 16.7. The summed E-state index contributed by atoms with van der Waals surface area (Å²) in [5.41, 5.74) is 5.39. The molecule has 0 radical (unpaired) electrons. The first-order valence-corrected chi connectivity index (χ1v) is 13.2. The summed E-state index contributed by atoms with van der Waals surface area (Å²) < 4.78 is 26.4. The molecule has 0 aromatic heterocycles. The van der Waals surface area contributed by atoms with Gasteiger partial charge in [0.05, 0.1) is 7.11 Å². The fourth-order valence-corrected chi connectivity index (χ4v) is 3.94. The summed E-state index contributed by atoms with van der Waals surface area (Å²) in [4.78, 5) is 49.8. The second-order valence-electron chi connectivity index (χ2n) is 10.5. The molecule has 2 aromatic rings. The van der Waals surface area contributed by atoms with Crippen molar-refractivity contribution < 1.29 is 42.9 Å². The molecule has 2 aromatic carbocycles. The normalized spacial score (nSPS) is 13.2. The first-order chi connectivity index (χ1) is 18.8. The second kappa shape index (κ2) is 15.0. The Hall–Kier alpha value is -3.92. The first-order valence-electron chi connectivity index (χ1n) is 13.2. The minimum absolute atomic E-state index is 0.0307. The maximum Gasteiger partial charge on any atom is 0.514 e. The van der Waals surface area contributed by atoms with Gasteiger partial charge < -0.3 is 29.4 Å². The number of ether oxygens (including phenoxy) is 5. The van der Waals surface area contributed by atoms with Gasteiger partial charge in [-0.15, -0.1) is 0 Å². The van der Waals surface area contributed by atoms with Gasteiger partial charge in [0.2, 0.25) is 0 Å². The van der Waals surface area contributed by atoms with Crippen LogP contribution >= 0.6 is 0 Å². The van der Waals surface area contributed by atoms with Crippen molar-refractivity contribution in [2.24, 2.45) is 17.6 Å². The van der Waals surface area contributed by atoms with Crippen molar-refractivity contribution in [3.63, 3.8) is 0 Å². The fourth-order valence-electron chi connectivity index (χ4n) is 3.94. The van der Waals surface area contributed by atoms with Crippen LogP contribution in [0.1, 0.15) is 59.4 Å². The van der Waals surface area contributed by atoms with E-state index in [1.807, 2.05) is 27.7 Å². The predicted molar refractivity (Wildman–Crippen MR) is 147 cm³/mol. The average molecular weight is 558 g/mol. The Morgan fingerprint density at radius 3 is 1.93 bits per heavy atom. The molecule has 10 nitrogen and oxygen atoms in total. The Morgan fingerprint density at radius 1 is 0.800 bits per heavy atom. The molecule has 0 bridgehead atoms. The molecule has 10 heteroatoms. The number of hydrogen-bond donors (Lipinski definition) is 1. The largest absolute Gasteiger partial charge is 0.514 e. The molecule has 2 atom stereocenters. The molecule has 2 rings (SSSR count). The van der Waals surface area contributed by atoms with Gasteiger partial charge in [0.1, 0.15) is 17.4 Å². The number of rotatable bonds is 13. The van der Waals surface area contributed by atoms with Gasteiger partial charge in [-0.05, 0) is 48.6 Å². The molecule has 0 aliphatic carbocycles. The second-order valence-corrected chi connectivity index (χ2v) is 10.5. The lowest BCUT2D eigenvalue weighted by Crippen LogP contribution is -2.53. The molecule has 0 saturated heterocycles. The van der Waals surface area contributed by atoms with Crippen molar-refractivity contribution in [1.82, 2.24) is 0 Å². The zero-order valence-corrected chi connectivity index (χ0v) is 23.9. The molecule has 0 spiro atoms. The average Bonchev–Trinajstić information content (AvgIpc) is 2.84. The summed E-state index contributed by atoms with van der Waals surface area (Å²) in [6.45, 7) is 9.09. The number of carbonyl (C=O) groups excluding carboxylic acids is 4. The van der Waals surface area contributed by atoms with E-state index in [0.717, 1.165) is 0 Å². The molecule has 0 fully saturated rings. The van der Waals surface area contributed by atoms with Crippen LogP contribution in [0.5, 0.6) is 17.2 Å². The zero-order valence-electron chi connectivity index (χ0n) is 23.9. The SMILES string of the molecule is COC(=O)[C@](N)(Cc1ccc(OC(=O)CC(C)C)c(OC(=O)CC(C)C)c1)CC(C)OC(=O)Oc1ccccc1. The monoisotopic (exact) mass is 557 g/mol. The first kappa shape index (κ1) is 32.3. The van der Waals surface area contributed by atoms with Gasteiger partial charge in [0.15, 0.2) is 11.5 Å². The van der Waals surface area contributed by atoms with Crippen LogP contribution in [0.3, 0.4) is 0 Å². The molecule has 0 saturated carbocycles. The van der Waals surface area contributed by atoms with E-state index in [9.17, 15) is 19.2 Å². The van der Waals surface area contributed by atoms with Gasteiger partial charge in [-0.25, -0.2) is 4.79 Å². The van der Waals surface area contributed by atoms with Crippen LogP contribution < -0.4 is 19.9 Å². The van der Waals surface area contributed by atoms with E-state index in [-0.39, 0.29) is 49.0 Å². The third kappa shape index (κ3) is 10.7. The van der Waals surface area contributed by atoms with Crippen molar-refractivity contribution in [1.29, 1.82) is 0 Å². The van der Waals surface area contributed by atoms with Crippen molar-refractivity contribution in [3.8, 4) is 17.2 Å². The van der Waals surface area contributed by atoms with Gasteiger partial charge in [-0.3, -0.25) is 14.4 Å². The molecule has 0 heterocycles. The van der Waals surface area contributed by atoms with Crippen LogP contribution in [0.15, 0.2) is 48.5 Å². The van der Waals surface area contributed by atoms with Crippen molar-refractivity contribution in [2.45, 2.75) is 71.9 Å². The predicted octanol–water partition coefficient (Wildman–Crippen LogP) is 5.00. The number of para-hydroxylation sites is 1. The molecule has 1 unspecified atom stereocenters. The lowest BCUT2D eigenvalue weighted by molar-refractivity contribution is -0.148. The standard InChI is InChI=1S/C30H39NO9/c1-19(2)14-26(32)39-24-13-12-22(16-25(24)40-27(33)15-20(3)4)18-30(31,28(34)36-6)17-21(5)37-29(35)38-23-10-8-7-9-11-23/h7-13,16,19-21H,14-15,17-18,31H2,1-6H3/t21?,30-/m1/s1. The maximum atomic E-state index is 12.8. The van der Waals surface area contributed by atoms with Crippen LogP contribution in [0.4, 0.5) is 4.79 Å². The summed E-state index contributed by atoms with van der Waals surface area (Å²) in [6.07, 6.45) is -1.59. The van der Waals surface area contributed by atoms with Gasteiger partial charge >= 0.3 is 24.1 Å². The van der Waals surface area contributed by atoms with Crippen LogP contribution in [0.25, 0.3) is 0 Å². The summed E-state index contributed by atoms with van der Waals surface area (Å²) >= 11 is 0. The smallest absolute Gasteiger partial charge is 0.468 e. The lowest BCUT2D eigenvalue weighted by atomic mass is 9.86. The van der Waals surface area contributed by atoms with Gasteiger partial charge in [0.25, 0.3) is 0 Å². The highest BCUT2D eigenvalue weighted by Crippen LogP contribution is 2.32. The summed E-state index contributed by atoms with van der Waals surface area (Å²) in [6, 6.07) is 13.0. The topological polar surface area (TPSA) is 140 Å². The molecule has 40 heavy (non-hydrogen) atoms. The Balaban J connectivity index is 2.25. The molecule has 0 amide bonds. The van der Waals surface area contributed by atoms with Crippen LogP contribution in [-0.4, -0.2) is 42.8 Å². The van der Waals surface area contributed by atoms with Crippen molar-refractivity contribution in [2.75, 3.05) is 7.11 Å². The van der Waals surface area contributed by atoms with Gasteiger partial charge in [-0.1, -0.05) is 52.0 Å². The quantitative estimate of drug-likeness (QED) is 0.203. The van der Waals surface area contributed by atoms with E-state index in [1.54, 1.807) is 43.3 Å². The molecule has 0 aliphatic rings. The van der Waals surface area contributed by atoms with Crippen LogP contribution in [0, 0.1) is 11.8 Å². The van der Waals surface area contributed by atoms with Crippen LogP contribution in [0.2, 0.25) is 0 Å². The Bertz CT molecular complexity index is 1160. The Kier molecular flexibility index (Phi) is 12.1. The van der Waals surface area contributed by atoms with Gasteiger partial charge in [0, 0.05) is 25.7 Å². The van der Waals surface area contributed by atoms with E-state index in [1.165, 1.54) is 19.2 Å². The number of methoxy groups -OCH3 is 1.